The lowest BCUT2D eigenvalue weighted by Gasteiger charge is -2.35. The number of hydrogen-bond acceptors (Lipinski definition) is 6. The van der Waals surface area contributed by atoms with Crippen LogP contribution in [0.15, 0.2) is 42.7 Å². The summed E-state index contributed by atoms with van der Waals surface area (Å²) in [6, 6.07) is 10.0. The van der Waals surface area contributed by atoms with E-state index in [4.69, 9.17) is 14.7 Å². The van der Waals surface area contributed by atoms with Crippen molar-refractivity contribution in [3.63, 3.8) is 0 Å². The number of nitrogens with zero attached hydrogens (tertiary/aromatic N) is 5. The minimum atomic E-state index is -0.431. The highest BCUT2D eigenvalue weighted by atomic mass is 19.1. The Hall–Kier alpha value is -2.93. The van der Waals surface area contributed by atoms with Gasteiger partial charge in [0, 0.05) is 29.9 Å². The second kappa shape index (κ2) is 6.60. The first-order valence-corrected chi connectivity index (χ1v) is 9.38. The summed E-state index contributed by atoms with van der Waals surface area (Å²) < 4.78 is 19.1. The highest BCUT2D eigenvalue weighted by molar-refractivity contribution is 5.56. The fraction of sp³-hybridized carbons (Fsp3) is 0.333. The molecule has 2 aliphatic heterocycles. The number of rotatable bonds is 2. The second-order valence-electron chi connectivity index (χ2n) is 7.47. The molecule has 0 bridgehead atoms. The lowest BCUT2D eigenvalue weighted by molar-refractivity contribution is 0.0552. The van der Waals surface area contributed by atoms with E-state index in [-0.39, 0.29) is 5.41 Å². The van der Waals surface area contributed by atoms with Crippen LogP contribution in [0, 0.1) is 12.7 Å². The predicted octanol–water partition coefficient (Wildman–Crippen LogP) is 3.06. The molecule has 6 nitrogen and oxygen atoms in total. The highest BCUT2D eigenvalue weighted by Gasteiger charge is 2.46. The number of ether oxygens (including phenoxy) is 1. The molecule has 3 aromatic rings. The number of hydrogen-bond donors (Lipinski definition) is 0. The fourth-order valence-corrected chi connectivity index (χ4v) is 4.16. The van der Waals surface area contributed by atoms with Crippen LogP contribution in [0.25, 0.3) is 11.4 Å². The quantitative estimate of drug-likeness (QED) is 0.684. The van der Waals surface area contributed by atoms with Gasteiger partial charge in [-0.3, -0.25) is 0 Å². The van der Waals surface area contributed by atoms with Gasteiger partial charge in [-0.15, -0.1) is 0 Å². The van der Waals surface area contributed by atoms with Crippen LogP contribution >= 0.6 is 0 Å². The zero-order valence-electron chi connectivity index (χ0n) is 15.6. The monoisotopic (exact) mass is 377 g/mol. The molecule has 4 heterocycles. The lowest BCUT2D eigenvalue weighted by atomic mass is 9.80. The number of fused-ring (bicyclic) bond motifs is 2. The summed E-state index contributed by atoms with van der Waals surface area (Å²) in [6.07, 6.45) is 3.29. The Morgan fingerprint density at radius 3 is 2.68 bits per heavy atom. The van der Waals surface area contributed by atoms with E-state index in [9.17, 15) is 4.39 Å². The van der Waals surface area contributed by atoms with Gasteiger partial charge in [0.1, 0.15) is 0 Å². The van der Waals surface area contributed by atoms with E-state index in [0.29, 0.717) is 25.7 Å². The number of benzene rings is 1. The summed E-state index contributed by atoms with van der Waals surface area (Å²) >= 11 is 0. The van der Waals surface area contributed by atoms with Gasteiger partial charge in [-0.1, -0.05) is 30.3 Å². The van der Waals surface area contributed by atoms with Gasteiger partial charge in [0.15, 0.2) is 11.6 Å². The van der Waals surface area contributed by atoms with E-state index in [0.717, 1.165) is 41.3 Å². The van der Waals surface area contributed by atoms with Crippen molar-refractivity contribution in [1.29, 1.82) is 0 Å². The van der Waals surface area contributed by atoms with Crippen LogP contribution in [0.4, 0.5) is 10.3 Å². The van der Waals surface area contributed by atoms with Gasteiger partial charge in [-0.25, -0.2) is 24.3 Å². The van der Waals surface area contributed by atoms with E-state index in [2.05, 4.69) is 14.9 Å². The Bertz CT molecular complexity index is 1010. The summed E-state index contributed by atoms with van der Waals surface area (Å²) in [5, 5.41) is 0. The third-order valence-corrected chi connectivity index (χ3v) is 5.62. The third kappa shape index (κ3) is 2.82. The maximum Gasteiger partial charge on any atom is 0.225 e. The number of aromatic nitrogens is 4. The molecule has 1 atom stereocenters. The first-order chi connectivity index (χ1) is 13.6. The zero-order valence-corrected chi connectivity index (χ0v) is 15.6. The fourth-order valence-electron chi connectivity index (χ4n) is 4.16. The topological polar surface area (TPSA) is 64.0 Å². The molecule has 0 unspecified atom stereocenters. The molecule has 1 spiro atoms. The molecule has 5 rings (SSSR count). The van der Waals surface area contributed by atoms with Gasteiger partial charge < -0.3 is 9.64 Å². The Morgan fingerprint density at radius 1 is 1.11 bits per heavy atom. The van der Waals surface area contributed by atoms with E-state index >= 15 is 0 Å². The summed E-state index contributed by atoms with van der Waals surface area (Å²) in [4.78, 5) is 20.1. The maximum atomic E-state index is 13.2. The molecule has 2 aromatic heterocycles. The first kappa shape index (κ1) is 17.2. The van der Waals surface area contributed by atoms with Crippen molar-refractivity contribution in [2.75, 3.05) is 24.6 Å². The first-order valence-electron chi connectivity index (χ1n) is 9.38. The molecule has 2 aliphatic rings. The van der Waals surface area contributed by atoms with Crippen LogP contribution in [0.2, 0.25) is 0 Å². The summed E-state index contributed by atoms with van der Waals surface area (Å²) in [6.45, 7) is 4.62. The van der Waals surface area contributed by atoms with Gasteiger partial charge in [-0.05, 0) is 13.3 Å². The van der Waals surface area contributed by atoms with Crippen LogP contribution in [-0.4, -0.2) is 39.6 Å². The number of halogens is 1. The van der Waals surface area contributed by atoms with E-state index < -0.39 is 5.82 Å². The molecule has 142 valence electrons. The third-order valence-electron chi connectivity index (χ3n) is 5.62. The average Bonchev–Trinajstić information content (AvgIpc) is 3.14. The smallest absolute Gasteiger partial charge is 0.225 e. The SMILES string of the molecule is Cc1nc(-c2ccccc2)nc2c1COC[C@]21CCN(c2ncc(F)cn2)C1. The number of anilines is 1. The van der Waals surface area contributed by atoms with Crippen molar-refractivity contribution >= 4 is 5.95 Å². The molecule has 7 heteroatoms. The summed E-state index contributed by atoms with van der Waals surface area (Å²) in [5.41, 5.74) is 3.87. The Morgan fingerprint density at radius 2 is 1.89 bits per heavy atom. The van der Waals surface area contributed by atoms with Gasteiger partial charge in [0.05, 0.1) is 36.7 Å². The van der Waals surface area contributed by atoms with Crippen molar-refractivity contribution < 1.29 is 9.13 Å². The Balaban J connectivity index is 1.55. The van der Waals surface area contributed by atoms with Crippen molar-refractivity contribution in [3.8, 4) is 11.4 Å². The van der Waals surface area contributed by atoms with Gasteiger partial charge in [0.25, 0.3) is 0 Å². The van der Waals surface area contributed by atoms with E-state index in [1.165, 1.54) is 12.4 Å². The van der Waals surface area contributed by atoms with Gasteiger partial charge >= 0.3 is 0 Å². The summed E-state index contributed by atoms with van der Waals surface area (Å²) in [5.74, 6) is 0.856. The van der Waals surface area contributed by atoms with Gasteiger partial charge in [0.2, 0.25) is 5.95 Å². The molecule has 1 aromatic carbocycles. The Labute approximate surface area is 162 Å². The van der Waals surface area contributed by atoms with Crippen molar-refractivity contribution in [2.45, 2.75) is 25.4 Å². The van der Waals surface area contributed by atoms with Crippen LogP contribution in [0.3, 0.4) is 0 Å². The maximum absolute atomic E-state index is 13.2. The molecule has 0 aliphatic carbocycles. The highest BCUT2D eigenvalue weighted by Crippen LogP contribution is 2.41. The molecule has 28 heavy (non-hydrogen) atoms. The molecular formula is C21H20FN5O. The molecule has 1 saturated heterocycles. The molecule has 0 radical (unpaired) electrons. The molecule has 0 amide bonds. The van der Waals surface area contributed by atoms with Crippen LogP contribution in [0.5, 0.6) is 0 Å². The Kier molecular flexibility index (Phi) is 4.05. The number of aryl methyl sites for hydroxylation is 1. The van der Waals surface area contributed by atoms with E-state index in [1.54, 1.807) is 0 Å². The van der Waals surface area contributed by atoms with Crippen LogP contribution < -0.4 is 4.90 Å². The van der Waals surface area contributed by atoms with Gasteiger partial charge in [-0.2, -0.15) is 0 Å². The standard InChI is InChI=1S/C21H20FN5O/c1-14-17-11-28-13-21(7-8-27(12-21)20-23-9-16(22)10-24-20)18(17)26-19(25-14)15-5-3-2-4-6-15/h2-6,9-10H,7-8,11-13H2,1H3/t21-/m1/s1. The largest absolute Gasteiger partial charge is 0.376 e. The van der Waals surface area contributed by atoms with Crippen molar-refractivity contribution in [3.05, 3.63) is 65.5 Å². The average molecular weight is 377 g/mol. The van der Waals surface area contributed by atoms with Crippen LogP contribution in [-0.2, 0) is 16.8 Å². The molecule has 0 N–H and O–H groups in total. The molecular weight excluding hydrogens is 357 g/mol. The molecule has 0 saturated carbocycles. The van der Waals surface area contributed by atoms with Crippen LogP contribution in [0.1, 0.15) is 23.4 Å². The lowest BCUT2D eigenvalue weighted by Crippen LogP contribution is -2.41. The minimum Gasteiger partial charge on any atom is -0.376 e. The van der Waals surface area contributed by atoms with Crippen molar-refractivity contribution in [2.24, 2.45) is 0 Å². The molecule has 1 fully saturated rings. The predicted molar refractivity (Wildman–Crippen MR) is 102 cm³/mol. The van der Waals surface area contributed by atoms with Crippen molar-refractivity contribution in [1.82, 2.24) is 19.9 Å². The van der Waals surface area contributed by atoms with E-state index in [1.807, 2.05) is 37.3 Å². The second-order valence-corrected chi connectivity index (χ2v) is 7.47. The summed E-state index contributed by atoms with van der Waals surface area (Å²) in [7, 11) is 0. The minimum absolute atomic E-state index is 0.234. The normalized spacial score (nSPS) is 21.1. The zero-order chi connectivity index (χ0) is 19.1.